The SMILES string of the molecule is NCCCOc1cccc2c1CCN2. The van der Waals surface area contributed by atoms with Crippen molar-refractivity contribution in [1.29, 1.82) is 0 Å². The van der Waals surface area contributed by atoms with Gasteiger partial charge in [0.25, 0.3) is 0 Å². The van der Waals surface area contributed by atoms with Crippen LogP contribution < -0.4 is 15.8 Å². The minimum absolute atomic E-state index is 0.688. The number of benzene rings is 1. The highest BCUT2D eigenvalue weighted by molar-refractivity contribution is 5.61. The van der Waals surface area contributed by atoms with Crippen molar-refractivity contribution in [2.24, 2.45) is 5.73 Å². The molecule has 0 unspecified atom stereocenters. The number of ether oxygens (including phenoxy) is 1. The fraction of sp³-hybridized carbons (Fsp3) is 0.455. The van der Waals surface area contributed by atoms with Gasteiger partial charge in [0.05, 0.1) is 6.61 Å². The first-order valence-corrected chi connectivity index (χ1v) is 5.10. The maximum atomic E-state index is 5.67. The van der Waals surface area contributed by atoms with E-state index < -0.39 is 0 Å². The molecule has 0 radical (unpaired) electrons. The quantitative estimate of drug-likeness (QED) is 0.708. The highest BCUT2D eigenvalue weighted by atomic mass is 16.5. The Morgan fingerprint density at radius 2 is 2.36 bits per heavy atom. The molecular weight excluding hydrogens is 176 g/mol. The molecule has 76 valence electrons. The van der Waals surface area contributed by atoms with Crippen molar-refractivity contribution in [3.05, 3.63) is 23.8 Å². The first-order chi connectivity index (χ1) is 6.92. The molecule has 1 aromatic rings. The van der Waals surface area contributed by atoms with Crippen molar-refractivity contribution in [3.63, 3.8) is 0 Å². The molecule has 0 bridgehead atoms. The average Bonchev–Trinajstić information content (AvgIpc) is 2.67. The van der Waals surface area contributed by atoms with Crippen LogP contribution in [-0.2, 0) is 6.42 Å². The van der Waals surface area contributed by atoms with E-state index in [1.54, 1.807) is 0 Å². The lowest BCUT2D eigenvalue weighted by molar-refractivity contribution is 0.311. The summed E-state index contributed by atoms with van der Waals surface area (Å²) in [7, 11) is 0. The number of nitrogens with two attached hydrogens (primary N) is 1. The second-order valence-corrected chi connectivity index (χ2v) is 3.45. The minimum Gasteiger partial charge on any atom is -0.493 e. The predicted molar refractivity (Wildman–Crippen MR) is 57.8 cm³/mol. The molecule has 0 aromatic heterocycles. The molecule has 0 saturated carbocycles. The average molecular weight is 192 g/mol. The lowest BCUT2D eigenvalue weighted by Crippen LogP contribution is -2.06. The topological polar surface area (TPSA) is 47.3 Å². The molecule has 1 aliphatic rings. The molecule has 0 saturated heterocycles. The highest BCUT2D eigenvalue weighted by Crippen LogP contribution is 2.30. The molecule has 3 heteroatoms. The van der Waals surface area contributed by atoms with Gasteiger partial charge in [-0.05, 0) is 31.5 Å². The van der Waals surface area contributed by atoms with Gasteiger partial charge in [-0.3, -0.25) is 0 Å². The van der Waals surface area contributed by atoms with Crippen LogP contribution in [0.1, 0.15) is 12.0 Å². The first-order valence-electron chi connectivity index (χ1n) is 5.10. The van der Waals surface area contributed by atoms with E-state index in [-0.39, 0.29) is 0 Å². The fourth-order valence-electron chi connectivity index (χ4n) is 1.71. The van der Waals surface area contributed by atoms with Gasteiger partial charge in [0.1, 0.15) is 5.75 Å². The van der Waals surface area contributed by atoms with Gasteiger partial charge < -0.3 is 15.8 Å². The fourth-order valence-corrected chi connectivity index (χ4v) is 1.71. The van der Waals surface area contributed by atoms with Crippen molar-refractivity contribution >= 4 is 5.69 Å². The molecule has 3 N–H and O–H groups in total. The normalized spacial score (nSPS) is 13.5. The van der Waals surface area contributed by atoms with E-state index in [1.807, 2.05) is 12.1 Å². The third kappa shape index (κ3) is 1.82. The van der Waals surface area contributed by atoms with Crippen molar-refractivity contribution in [2.45, 2.75) is 12.8 Å². The van der Waals surface area contributed by atoms with Gasteiger partial charge in [-0.1, -0.05) is 6.07 Å². The van der Waals surface area contributed by atoms with Crippen molar-refractivity contribution in [3.8, 4) is 5.75 Å². The zero-order valence-electron chi connectivity index (χ0n) is 8.25. The molecular formula is C11H16N2O. The van der Waals surface area contributed by atoms with Gasteiger partial charge >= 0.3 is 0 Å². The second kappa shape index (κ2) is 4.33. The number of anilines is 1. The summed E-state index contributed by atoms with van der Waals surface area (Å²) in [4.78, 5) is 0. The van der Waals surface area contributed by atoms with E-state index in [2.05, 4.69) is 11.4 Å². The molecule has 0 aliphatic carbocycles. The van der Waals surface area contributed by atoms with Gasteiger partial charge in [-0.2, -0.15) is 0 Å². The van der Waals surface area contributed by atoms with Crippen LogP contribution in [0.2, 0.25) is 0 Å². The molecule has 1 aliphatic heterocycles. The Morgan fingerprint density at radius 1 is 1.43 bits per heavy atom. The molecule has 0 atom stereocenters. The molecule has 2 rings (SSSR count). The van der Waals surface area contributed by atoms with Crippen LogP contribution in [0.25, 0.3) is 0 Å². The van der Waals surface area contributed by atoms with E-state index in [1.165, 1.54) is 11.3 Å². The molecule has 0 fully saturated rings. The van der Waals surface area contributed by atoms with Gasteiger partial charge in [0.15, 0.2) is 0 Å². The molecule has 0 spiro atoms. The van der Waals surface area contributed by atoms with Gasteiger partial charge in [0.2, 0.25) is 0 Å². The monoisotopic (exact) mass is 192 g/mol. The van der Waals surface area contributed by atoms with Gasteiger partial charge in [-0.15, -0.1) is 0 Å². The third-order valence-corrected chi connectivity index (χ3v) is 2.43. The third-order valence-electron chi connectivity index (χ3n) is 2.43. The zero-order chi connectivity index (χ0) is 9.80. The summed E-state index contributed by atoms with van der Waals surface area (Å²) >= 11 is 0. The molecule has 1 heterocycles. The predicted octanol–water partition coefficient (Wildman–Crippen LogP) is 1.38. The summed E-state index contributed by atoms with van der Waals surface area (Å²) in [6, 6.07) is 6.15. The summed E-state index contributed by atoms with van der Waals surface area (Å²) < 4.78 is 5.67. The van der Waals surface area contributed by atoms with Crippen LogP contribution in [0.4, 0.5) is 5.69 Å². The number of hydrogen-bond donors (Lipinski definition) is 2. The standard InChI is InChI=1S/C11H16N2O/c12-6-2-8-14-11-4-1-3-10-9(11)5-7-13-10/h1,3-4,13H,2,5-8,12H2. The summed E-state index contributed by atoms with van der Waals surface area (Å²) in [5, 5.41) is 3.33. The summed E-state index contributed by atoms with van der Waals surface area (Å²) in [5.41, 5.74) is 7.94. The van der Waals surface area contributed by atoms with Crippen LogP contribution in [0.3, 0.4) is 0 Å². The largest absolute Gasteiger partial charge is 0.493 e. The number of hydrogen-bond acceptors (Lipinski definition) is 3. The lowest BCUT2D eigenvalue weighted by atomic mass is 10.1. The summed E-state index contributed by atoms with van der Waals surface area (Å²) in [5.74, 6) is 1.01. The van der Waals surface area contributed by atoms with Crippen molar-refractivity contribution in [2.75, 3.05) is 25.0 Å². The van der Waals surface area contributed by atoms with Crippen LogP contribution in [0.5, 0.6) is 5.75 Å². The maximum Gasteiger partial charge on any atom is 0.124 e. The van der Waals surface area contributed by atoms with E-state index in [9.17, 15) is 0 Å². The van der Waals surface area contributed by atoms with Crippen molar-refractivity contribution in [1.82, 2.24) is 0 Å². The second-order valence-electron chi connectivity index (χ2n) is 3.45. The summed E-state index contributed by atoms with van der Waals surface area (Å²) in [6.45, 7) is 2.42. The van der Waals surface area contributed by atoms with E-state index in [0.29, 0.717) is 13.2 Å². The lowest BCUT2D eigenvalue weighted by Gasteiger charge is -2.09. The Hall–Kier alpha value is -1.22. The Bertz CT molecular complexity index is 312. The van der Waals surface area contributed by atoms with E-state index >= 15 is 0 Å². The number of fused-ring (bicyclic) bond motifs is 1. The molecule has 1 aromatic carbocycles. The molecule has 14 heavy (non-hydrogen) atoms. The molecule has 3 nitrogen and oxygen atoms in total. The first kappa shape index (κ1) is 9.34. The van der Waals surface area contributed by atoms with Crippen LogP contribution >= 0.6 is 0 Å². The van der Waals surface area contributed by atoms with Gasteiger partial charge in [-0.25, -0.2) is 0 Å². The Balaban J connectivity index is 2.06. The van der Waals surface area contributed by atoms with Crippen LogP contribution in [0, 0.1) is 0 Å². The smallest absolute Gasteiger partial charge is 0.124 e. The van der Waals surface area contributed by atoms with Gasteiger partial charge in [0, 0.05) is 17.8 Å². The van der Waals surface area contributed by atoms with E-state index in [0.717, 1.165) is 25.1 Å². The van der Waals surface area contributed by atoms with Crippen molar-refractivity contribution < 1.29 is 4.74 Å². The highest BCUT2D eigenvalue weighted by Gasteiger charge is 2.14. The van der Waals surface area contributed by atoms with Crippen LogP contribution in [-0.4, -0.2) is 19.7 Å². The summed E-state index contributed by atoms with van der Waals surface area (Å²) in [6.07, 6.45) is 1.98. The number of rotatable bonds is 4. The Kier molecular flexibility index (Phi) is 2.89. The Labute approximate surface area is 84.3 Å². The van der Waals surface area contributed by atoms with E-state index in [4.69, 9.17) is 10.5 Å². The zero-order valence-corrected chi connectivity index (χ0v) is 8.25. The molecule has 0 amide bonds. The minimum atomic E-state index is 0.688. The van der Waals surface area contributed by atoms with Crippen LogP contribution in [0.15, 0.2) is 18.2 Å². The number of nitrogens with one attached hydrogen (secondary N) is 1. The Morgan fingerprint density at radius 3 is 3.21 bits per heavy atom. The maximum absolute atomic E-state index is 5.67.